The summed E-state index contributed by atoms with van der Waals surface area (Å²) < 4.78 is 21.7. The summed E-state index contributed by atoms with van der Waals surface area (Å²) >= 11 is 0. The molecule has 2 saturated carbocycles. The Hall–Kier alpha value is -3.60. The van der Waals surface area contributed by atoms with Crippen molar-refractivity contribution in [3.05, 3.63) is 52.0 Å². The highest BCUT2D eigenvalue weighted by Gasteiger charge is 2.37. The molecule has 6 rings (SSSR count). The Balaban J connectivity index is 1.54. The normalized spacial score (nSPS) is 22.1. The van der Waals surface area contributed by atoms with E-state index in [1.54, 1.807) is 25.1 Å². The summed E-state index contributed by atoms with van der Waals surface area (Å²) in [5, 5.41) is 19.3. The molecule has 3 aromatic heterocycles. The van der Waals surface area contributed by atoms with E-state index < -0.39 is 17.2 Å². The molecule has 0 amide bonds. The Morgan fingerprint density at radius 2 is 1.93 bits per heavy atom. The third kappa shape index (κ3) is 4.91. The average molecular weight is 550 g/mol. The van der Waals surface area contributed by atoms with Gasteiger partial charge < -0.3 is 15.0 Å². The quantitative estimate of drug-likeness (QED) is 0.280. The molecule has 0 saturated heterocycles. The van der Waals surface area contributed by atoms with Crippen molar-refractivity contribution in [3.8, 4) is 11.6 Å². The van der Waals surface area contributed by atoms with E-state index in [9.17, 15) is 9.90 Å². The minimum atomic E-state index is -1.74. The number of anilines is 1. The number of rotatable bonds is 8. The maximum atomic E-state index is 15.0. The van der Waals surface area contributed by atoms with Crippen LogP contribution in [-0.4, -0.2) is 40.8 Å². The molecule has 0 aliphatic heterocycles. The summed E-state index contributed by atoms with van der Waals surface area (Å²) in [5.41, 5.74) is -0.637. The molecular formula is C29H36FN7O3. The molecule has 40 heavy (non-hydrogen) atoms. The Morgan fingerprint density at radius 3 is 2.58 bits per heavy atom. The van der Waals surface area contributed by atoms with Gasteiger partial charge in [-0.25, -0.2) is 24.1 Å². The molecule has 3 heterocycles. The van der Waals surface area contributed by atoms with Crippen molar-refractivity contribution in [1.82, 2.24) is 29.7 Å². The fraction of sp³-hybridized carbons (Fsp3) is 0.552. The van der Waals surface area contributed by atoms with Crippen molar-refractivity contribution >= 4 is 17.0 Å². The number of aromatic amines is 1. The maximum Gasteiger partial charge on any atom is 0.439 e. The van der Waals surface area contributed by atoms with Crippen LogP contribution in [0.4, 0.5) is 10.2 Å². The Kier molecular flexibility index (Phi) is 6.93. The van der Waals surface area contributed by atoms with Crippen LogP contribution in [0.5, 0.6) is 0 Å². The van der Waals surface area contributed by atoms with Gasteiger partial charge in [0.1, 0.15) is 22.8 Å². The number of fused-ring (bicyclic) bond motifs is 1. The van der Waals surface area contributed by atoms with E-state index in [2.05, 4.69) is 34.3 Å². The van der Waals surface area contributed by atoms with Crippen LogP contribution in [0.3, 0.4) is 0 Å². The summed E-state index contributed by atoms with van der Waals surface area (Å²) in [6, 6.07) is 6.35. The zero-order valence-corrected chi connectivity index (χ0v) is 23.2. The molecule has 2 fully saturated rings. The minimum absolute atomic E-state index is 0.0875. The van der Waals surface area contributed by atoms with Gasteiger partial charge in [-0.15, -0.1) is 0 Å². The van der Waals surface area contributed by atoms with E-state index in [0.29, 0.717) is 47.1 Å². The van der Waals surface area contributed by atoms with Crippen molar-refractivity contribution < 1.29 is 14.0 Å². The van der Waals surface area contributed by atoms with E-state index in [0.717, 1.165) is 38.5 Å². The molecule has 2 atom stereocenters. The number of imidazole rings is 1. The maximum absolute atomic E-state index is 15.0. The molecule has 0 radical (unpaired) electrons. The highest BCUT2D eigenvalue weighted by Crippen LogP contribution is 2.38. The van der Waals surface area contributed by atoms with Gasteiger partial charge >= 0.3 is 5.76 Å². The lowest BCUT2D eigenvalue weighted by Gasteiger charge is -2.33. The van der Waals surface area contributed by atoms with Crippen LogP contribution in [0, 0.1) is 23.6 Å². The highest BCUT2D eigenvalue weighted by molar-refractivity contribution is 5.86. The first-order valence-electron chi connectivity index (χ1n) is 14.3. The van der Waals surface area contributed by atoms with Gasteiger partial charge in [0.2, 0.25) is 11.6 Å². The van der Waals surface area contributed by atoms with Crippen molar-refractivity contribution in [1.29, 1.82) is 0 Å². The first-order chi connectivity index (χ1) is 19.2. The number of nitrogens with zero attached hydrogens (tertiary/aromatic N) is 5. The fourth-order valence-corrected chi connectivity index (χ4v) is 6.14. The molecule has 1 aromatic carbocycles. The third-order valence-corrected chi connectivity index (χ3v) is 8.89. The Labute approximate surface area is 231 Å². The van der Waals surface area contributed by atoms with E-state index in [-0.39, 0.29) is 23.3 Å². The van der Waals surface area contributed by atoms with Crippen LogP contribution in [0.1, 0.15) is 77.1 Å². The van der Waals surface area contributed by atoms with E-state index in [1.165, 1.54) is 12.5 Å². The number of halogens is 1. The topological polar surface area (TPSA) is 135 Å². The minimum Gasteiger partial charge on any atom is -0.377 e. The lowest BCUT2D eigenvalue weighted by atomic mass is 9.80. The molecule has 0 bridgehead atoms. The second-order valence-corrected chi connectivity index (χ2v) is 11.9. The van der Waals surface area contributed by atoms with Crippen molar-refractivity contribution in [2.75, 3.05) is 5.32 Å². The van der Waals surface area contributed by atoms with E-state index in [1.807, 2.05) is 4.57 Å². The summed E-state index contributed by atoms with van der Waals surface area (Å²) in [6.07, 6.45) is 7.87. The van der Waals surface area contributed by atoms with Crippen LogP contribution >= 0.6 is 0 Å². The van der Waals surface area contributed by atoms with Crippen LogP contribution in [0.15, 0.2) is 33.6 Å². The number of aliphatic hydroxyl groups is 1. The van der Waals surface area contributed by atoms with Gasteiger partial charge in [0.25, 0.3) is 0 Å². The van der Waals surface area contributed by atoms with Gasteiger partial charge in [-0.2, -0.15) is 0 Å². The molecule has 3 N–H and O–H groups in total. The van der Waals surface area contributed by atoms with Gasteiger partial charge in [0.05, 0.1) is 0 Å². The van der Waals surface area contributed by atoms with Gasteiger partial charge in [0, 0.05) is 18.2 Å². The zero-order valence-electron chi connectivity index (χ0n) is 23.2. The highest BCUT2D eigenvalue weighted by atomic mass is 19.1. The number of hydrogen-bond donors (Lipinski definition) is 3. The number of hydrogen-bond acceptors (Lipinski definition) is 8. The van der Waals surface area contributed by atoms with Crippen LogP contribution < -0.4 is 11.1 Å². The molecule has 212 valence electrons. The first kappa shape index (κ1) is 26.6. The standard InChI is InChI=1S/C29H36FN7O3/c1-16-11-13-18(14-12-16)15-37-22-23(31-17(2)19-7-6-8-19)32-25(26-35-28(38)40-36-26)33-24(22)34-27(37)29(3,39)20-9-4-5-10-21(20)30/h4-5,9-10,16-19,39H,6-8,11-15H2,1-3H3,(H,31,32,33)(H,35,36,38)/t16?,17-,18?,29?/m1/s1. The third-order valence-electron chi connectivity index (χ3n) is 8.89. The summed E-state index contributed by atoms with van der Waals surface area (Å²) in [7, 11) is 0. The molecule has 1 unspecified atom stereocenters. The molecule has 2 aliphatic rings. The predicted octanol–water partition coefficient (Wildman–Crippen LogP) is 4.99. The largest absolute Gasteiger partial charge is 0.439 e. The van der Waals surface area contributed by atoms with Gasteiger partial charge in [-0.3, -0.25) is 9.51 Å². The Morgan fingerprint density at radius 1 is 1.18 bits per heavy atom. The SMILES string of the molecule is CC1CCC(Cn2c(C(C)(O)c3ccccc3F)nc3nc(-c4noc(=O)[nH]4)nc(N[C@H](C)C4CCC4)c32)CC1. The summed E-state index contributed by atoms with van der Waals surface area (Å²) in [5.74, 6) is 1.41. The van der Waals surface area contributed by atoms with E-state index >= 15 is 4.39 Å². The molecule has 0 spiro atoms. The number of aromatic nitrogens is 6. The number of nitrogens with one attached hydrogen (secondary N) is 2. The molecule has 10 nitrogen and oxygen atoms in total. The molecule has 4 aromatic rings. The zero-order chi connectivity index (χ0) is 28.0. The summed E-state index contributed by atoms with van der Waals surface area (Å²) in [4.78, 5) is 28.5. The lowest BCUT2D eigenvalue weighted by Crippen LogP contribution is -2.32. The first-order valence-corrected chi connectivity index (χ1v) is 14.3. The van der Waals surface area contributed by atoms with Crippen LogP contribution in [0.25, 0.3) is 22.8 Å². The summed E-state index contributed by atoms with van der Waals surface area (Å²) in [6.45, 7) is 6.58. The lowest BCUT2D eigenvalue weighted by molar-refractivity contribution is 0.0826. The molecular weight excluding hydrogens is 513 g/mol. The molecule has 11 heteroatoms. The van der Waals surface area contributed by atoms with Gasteiger partial charge in [-0.1, -0.05) is 49.5 Å². The average Bonchev–Trinajstić information content (AvgIpc) is 3.48. The monoisotopic (exact) mass is 549 g/mol. The second-order valence-electron chi connectivity index (χ2n) is 11.9. The predicted molar refractivity (Wildman–Crippen MR) is 148 cm³/mol. The van der Waals surface area contributed by atoms with Crippen molar-refractivity contribution in [2.45, 2.75) is 83.9 Å². The Bertz CT molecular complexity index is 1560. The van der Waals surface area contributed by atoms with Gasteiger partial charge in [-0.05, 0) is 63.4 Å². The van der Waals surface area contributed by atoms with E-state index in [4.69, 9.17) is 14.5 Å². The second kappa shape index (κ2) is 10.4. The fourth-order valence-electron chi connectivity index (χ4n) is 6.14. The number of H-pyrrole nitrogens is 1. The van der Waals surface area contributed by atoms with Gasteiger partial charge in [0.15, 0.2) is 11.5 Å². The van der Waals surface area contributed by atoms with Crippen LogP contribution in [-0.2, 0) is 12.1 Å². The van der Waals surface area contributed by atoms with Crippen molar-refractivity contribution in [3.63, 3.8) is 0 Å². The van der Waals surface area contributed by atoms with Crippen LogP contribution in [0.2, 0.25) is 0 Å². The number of benzene rings is 1. The molecule has 2 aliphatic carbocycles. The van der Waals surface area contributed by atoms with Crippen molar-refractivity contribution in [2.24, 2.45) is 17.8 Å². The smallest absolute Gasteiger partial charge is 0.377 e.